The van der Waals surface area contributed by atoms with Crippen LogP contribution in [0.5, 0.6) is 0 Å². The van der Waals surface area contributed by atoms with Gasteiger partial charge in [0.25, 0.3) is 0 Å². The summed E-state index contributed by atoms with van der Waals surface area (Å²) in [4.78, 5) is 2.28. The van der Waals surface area contributed by atoms with Crippen molar-refractivity contribution in [1.29, 1.82) is 0 Å². The summed E-state index contributed by atoms with van der Waals surface area (Å²) in [5.74, 6) is 0. The number of hydrogen-bond acceptors (Lipinski definition) is 1. The number of rotatable bonds is 4. The van der Waals surface area contributed by atoms with E-state index in [2.05, 4.69) is 122 Å². The summed E-state index contributed by atoms with van der Waals surface area (Å²) < 4.78 is 0. The fourth-order valence-electron chi connectivity index (χ4n) is 3.44. The molecule has 1 heteroatoms. The Morgan fingerprint density at radius 3 is 1.59 bits per heavy atom. The van der Waals surface area contributed by atoms with Crippen molar-refractivity contribution in [2.75, 3.05) is 4.90 Å². The SMILES string of the molecule is Cc1ccc(C)c(-c2ccc(N(c3ccccc3)c3ccccc3)cc2)c1. The standard InChI is InChI=1S/C26H23N/c1-20-13-14-21(2)26(19-20)22-15-17-25(18-16-22)27(23-9-5-3-6-10-23)24-11-7-4-8-12-24/h3-19H,1-2H3. The monoisotopic (exact) mass is 349 g/mol. The van der Waals surface area contributed by atoms with E-state index in [-0.39, 0.29) is 0 Å². The molecule has 0 aliphatic rings. The molecule has 0 unspecified atom stereocenters. The van der Waals surface area contributed by atoms with Crippen molar-refractivity contribution in [3.8, 4) is 11.1 Å². The van der Waals surface area contributed by atoms with Gasteiger partial charge in [-0.1, -0.05) is 72.3 Å². The molecule has 0 radical (unpaired) electrons. The van der Waals surface area contributed by atoms with Crippen molar-refractivity contribution in [2.45, 2.75) is 13.8 Å². The lowest BCUT2D eigenvalue weighted by atomic mass is 9.98. The molecule has 4 rings (SSSR count). The fourth-order valence-corrected chi connectivity index (χ4v) is 3.44. The first kappa shape index (κ1) is 17.1. The van der Waals surface area contributed by atoms with E-state index in [1.165, 1.54) is 22.3 Å². The first-order chi connectivity index (χ1) is 13.2. The number of para-hydroxylation sites is 2. The fraction of sp³-hybridized carbons (Fsp3) is 0.0769. The highest BCUT2D eigenvalue weighted by molar-refractivity contribution is 5.78. The van der Waals surface area contributed by atoms with Crippen LogP contribution in [0.4, 0.5) is 17.1 Å². The van der Waals surface area contributed by atoms with E-state index >= 15 is 0 Å². The molecule has 1 nitrogen and oxygen atoms in total. The van der Waals surface area contributed by atoms with Gasteiger partial charge in [0.2, 0.25) is 0 Å². The van der Waals surface area contributed by atoms with Gasteiger partial charge >= 0.3 is 0 Å². The molecule has 4 aromatic carbocycles. The maximum atomic E-state index is 2.28. The second kappa shape index (κ2) is 7.51. The van der Waals surface area contributed by atoms with Crippen molar-refractivity contribution >= 4 is 17.1 Å². The van der Waals surface area contributed by atoms with Gasteiger partial charge < -0.3 is 4.90 Å². The molecule has 0 saturated heterocycles. The highest BCUT2D eigenvalue weighted by Crippen LogP contribution is 2.35. The largest absolute Gasteiger partial charge is 0.311 e. The molecule has 0 aliphatic carbocycles. The quantitative estimate of drug-likeness (QED) is 0.370. The lowest BCUT2D eigenvalue weighted by Gasteiger charge is -2.25. The van der Waals surface area contributed by atoms with E-state index in [4.69, 9.17) is 0 Å². The number of aryl methyl sites for hydroxylation is 2. The lowest BCUT2D eigenvalue weighted by molar-refractivity contribution is 1.28. The molecule has 0 heterocycles. The van der Waals surface area contributed by atoms with Crippen LogP contribution in [0.2, 0.25) is 0 Å². The van der Waals surface area contributed by atoms with E-state index in [0.29, 0.717) is 0 Å². The van der Waals surface area contributed by atoms with E-state index in [9.17, 15) is 0 Å². The van der Waals surface area contributed by atoms with Gasteiger partial charge in [-0.2, -0.15) is 0 Å². The Balaban J connectivity index is 1.77. The van der Waals surface area contributed by atoms with E-state index in [0.717, 1.165) is 17.1 Å². The van der Waals surface area contributed by atoms with Crippen molar-refractivity contribution < 1.29 is 0 Å². The van der Waals surface area contributed by atoms with Crippen molar-refractivity contribution in [2.24, 2.45) is 0 Å². The molecule has 0 aromatic heterocycles. The first-order valence-electron chi connectivity index (χ1n) is 9.30. The van der Waals surface area contributed by atoms with Crippen molar-refractivity contribution in [3.05, 3.63) is 114 Å². The predicted octanol–water partition coefficient (Wildman–Crippen LogP) is 7.44. The summed E-state index contributed by atoms with van der Waals surface area (Å²) in [7, 11) is 0. The molecule has 0 aliphatic heterocycles. The topological polar surface area (TPSA) is 3.24 Å². The molecule has 0 bridgehead atoms. The van der Waals surface area contributed by atoms with Crippen LogP contribution in [0, 0.1) is 13.8 Å². The summed E-state index contributed by atoms with van der Waals surface area (Å²) in [5.41, 5.74) is 8.60. The van der Waals surface area contributed by atoms with Crippen LogP contribution in [0.1, 0.15) is 11.1 Å². The molecule has 132 valence electrons. The third kappa shape index (κ3) is 3.63. The third-order valence-electron chi connectivity index (χ3n) is 4.86. The Kier molecular flexibility index (Phi) is 4.76. The molecule has 0 fully saturated rings. The molecule has 0 N–H and O–H groups in total. The highest BCUT2D eigenvalue weighted by atomic mass is 15.1. The second-order valence-corrected chi connectivity index (χ2v) is 6.87. The van der Waals surface area contributed by atoms with Gasteiger partial charge in [-0.25, -0.2) is 0 Å². The predicted molar refractivity (Wildman–Crippen MR) is 116 cm³/mol. The Bertz CT molecular complexity index is 979. The summed E-state index contributed by atoms with van der Waals surface area (Å²) >= 11 is 0. The molecular formula is C26H23N. The Hall–Kier alpha value is -3.32. The van der Waals surface area contributed by atoms with Crippen LogP contribution in [0.25, 0.3) is 11.1 Å². The van der Waals surface area contributed by atoms with Crippen LogP contribution >= 0.6 is 0 Å². The average molecular weight is 349 g/mol. The van der Waals surface area contributed by atoms with E-state index in [1.54, 1.807) is 0 Å². The summed E-state index contributed by atoms with van der Waals surface area (Å²) in [5, 5.41) is 0. The molecule has 0 saturated carbocycles. The Labute approximate surface area is 161 Å². The maximum absolute atomic E-state index is 2.28. The average Bonchev–Trinajstić information content (AvgIpc) is 2.72. The zero-order chi connectivity index (χ0) is 18.6. The molecular weight excluding hydrogens is 326 g/mol. The number of anilines is 3. The van der Waals surface area contributed by atoms with Gasteiger partial charge in [0.05, 0.1) is 0 Å². The van der Waals surface area contributed by atoms with Gasteiger partial charge in [-0.15, -0.1) is 0 Å². The smallest absolute Gasteiger partial charge is 0.0462 e. The first-order valence-corrected chi connectivity index (χ1v) is 9.30. The van der Waals surface area contributed by atoms with Crippen LogP contribution in [0.3, 0.4) is 0 Å². The van der Waals surface area contributed by atoms with Gasteiger partial charge in [0, 0.05) is 17.1 Å². The normalized spacial score (nSPS) is 10.6. The molecule has 0 amide bonds. The van der Waals surface area contributed by atoms with Crippen LogP contribution < -0.4 is 4.90 Å². The number of hydrogen-bond donors (Lipinski definition) is 0. The van der Waals surface area contributed by atoms with E-state index < -0.39 is 0 Å². The molecule has 0 spiro atoms. The zero-order valence-electron chi connectivity index (χ0n) is 15.8. The van der Waals surface area contributed by atoms with Gasteiger partial charge in [0.1, 0.15) is 0 Å². The lowest BCUT2D eigenvalue weighted by Crippen LogP contribution is -2.09. The minimum atomic E-state index is 1.15. The third-order valence-corrected chi connectivity index (χ3v) is 4.86. The maximum Gasteiger partial charge on any atom is 0.0462 e. The second-order valence-electron chi connectivity index (χ2n) is 6.87. The zero-order valence-corrected chi connectivity index (χ0v) is 15.8. The van der Waals surface area contributed by atoms with Crippen LogP contribution in [0.15, 0.2) is 103 Å². The minimum Gasteiger partial charge on any atom is -0.311 e. The molecule has 4 aromatic rings. The Morgan fingerprint density at radius 2 is 1.04 bits per heavy atom. The molecule has 27 heavy (non-hydrogen) atoms. The van der Waals surface area contributed by atoms with Gasteiger partial charge in [-0.05, 0) is 66.9 Å². The van der Waals surface area contributed by atoms with Gasteiger partial charge in [-0.3, -0.25) is 0 Å². The number of benzene rings is 4. The highest BCUT2D eigenvalue weighted by Gasteiger charge is 2.12. The van der Waals surface area contributed by atoms with Crippen molar-refractivity contribution in [1.82, 2.24) is 0 Å². The molecule has 0 atom stereocenters. The van der Waals surface area contributed by atoms with Crippen LogP contribution in [-0.2, 0) is 0 Å². The summed E-state index contributed by atoms with van der Waals surface area (Å²) in [6, 6.07) is 36.5. The van der Waals surface area contributed by atoms with Crippen LogP contribution in [-0.4, -0.2) is 0 Å². The Morgan fingerprint density at radius 1 is 0.519 bits per heavy atom. The van der Waals surface area contributed by atoms with Crippen molar-refractivity contribution in [3.63, 3.8) is 0 Å². The van der Waals surface area contributed by atoms with Gasteiger partial charge in [0.15, 0.2) is 0 Å². The summed E-state index contributed by atoms with van der Waals surface area (Å²) in [6.07, 6.45) is 0. The number of nitrogens with zero attached hydrogens (tertiary/aromatic N) is 1. The summed E-state index contributed by atoms with van der Waals surface area (Å²) in [6.45, 7) is 4.31. The van der Waals surface area contributed by atoms with E-state index in [1.807, 2.05) is 0 Å². The minimum absolute atomic E-state index is 1.15.